The number of nitrogens with zero attached hydrogens (tertiary/aromatic N) is 2. The van der Waals surface area contributed by atoms with Crippen LogP contribution in [0, 0.1) is 0 Å². The largest absolute Gasteiger partial charge is 0.467 e. The first-order valence-corrected chi connectivity index (χ1v) is 10.5. The van der Waals surface area contributed by atoms with Gasteiger partial charge < -0.3 is 14.7 Å². The summed E-state index contributed by atoms with van der Waals surface area (Å²) in [6.07, 6.45) is 7.38. The number of hydrogen-bond donors (Lipinski definition) is 2. The second-order valence-corrected chi connectivity index (χ2v) is 8.23. The van der Waals surface area contributed by atoms with Gasteiger partial charge >= 0.3 is 0 Å². The van der Waals surface area contributed by atoms with Crippen LogP contribution in [0.2, 0.25) is 0 Å². The Morgan fingerprint density at radius 1 is 1.30 bits per heavy atom. The van der Waals surface area contributed by atoms with E-state index in [9.17, 15) is 9.59 Å². The van der Waals surface area contributed by atoms with E-state index in [0.717, 1.165) is 11.3 Å². The molecule has 3 heterocycles. The number of thiocarbonyl (C=S) groups is 1. The Hall–Kier alpha value is -3.17. The van der Waals surface area contributed by atoms with Gasteiger partial charge in [0, 0.05) is 30.4 Å². The van der Waals surface area contributed by atoms with Crippen LogP contribution < -0.4 is 5.32 Å². The van der Waals surface area contributed by atoms with Crippen molar-refractivity contribution in [2.75, 3.05) is 6.54 Å². The molecule has 1 saturated heterocycles. The Morgan fingerprint density at radius 3 is 2.83 bits per heavy atom. The Kier molecular flexibility index (Phi) is 6.10. The smallest absolute Gasteiger partial charge is 0.266 e. The van der Waals surface area contributed by atoms with Crippen molar-refractivity contribution in [3.63, 3.8) is 0 Å². The molecule has 152 valence electrons. The van der Waals surface area contributed by atoms with E-state index in [0.29, 0.717) is 40.1 Å². The summed E-state index contributed by atoms with van der Waals surface area (Å²) in [6, 6.07) is 10.7. The lowest BCUT2D eigenvalue weighted by Gasteiger charge is -2.11. The Morgan fingerprint density at radius 2 is 2.13 bits per heavy atom. The molecule has 9 heteroatoms. The predicted octanol–water partition coefficient (Wildman–Crippen LogP) is 3.38. The Bertz CT molecular complexity index is 1070. The van der Waals surface area contributed by atoms with Crippen molar-refractivity contribution >= 4 is 46.2 Å². The van der Waals surface area contributed by atoms with Gasteiger partial charge in [0.2, 0.25) is 0 Å². The van der Waals surface area contributed by atoms with Gasteiger partial charge in [-0.05, 0) is 35.9 Å². The molecule has 0 atom stereocenters. The minimum Gasteiger partial charge on any atom is -0.467 e. The van der Waals surface area contributed by atoms with Crippen molar-refractivity contribution in [3.05, 3.63) is 82.7 Å². The van der Waals surface area contributed by atoms with Crippen LogP contribution in [-0.4, -0.2) is 37.5 Å². The van der Waals surface area contributed by atoms with Gasteiger partial charge in [-0.2, -0.15) is 0 Å². The fraction of sp³-hybridized carbons (Fsp3) is 0.143. The quantitative estimate of drug-likeness (QED) is 0.434. The maximum atomic E-state index is 12.7. The van der Waals surface area contributed by atoms with Crippen molar-refractivity contribution in [2.45, 2.75) is 13.0 Å². The molecule has 1 aliphatic heterocycles. The zero-order valence-electron chi connectivity index (χ0n) is 15.8. The lowest BCUT2D eigenvalue weighted by atomic mass is 10.1. The molecular formula is C21H18N4O3S2. The summed E-state index contributed by atoms with van der Waals surface area (Å²) < 4.78 is 5.80. The van der Waals surface area contributed by atoms with Crippen molar-refractivity contribution in [2.24, 2.45) is 0 Å². The molecule has 0 radical (unpaired) electrons. The number of amides is 2. The molecule has 2 aromatic heterocycles. The summed E-state index contributed by atoms with van der Waals surface area (Å²) in [5.41, 5.74) is 2.35. The van der Waals surface area contributed by atoms with E-state index in [4.69, 9.17) is 16.6 Å². The number of H-pyrrole nitrogens is 1. The van der Waals surface area contributed by atoms with Gasteiger partial charge in [0.1, 0.15) is 10.1 Å². The second kappa shape index (κ2) is 9.10. The highest BCUT2D eigenvalue weighted by molar-refractivity contribution is 8.26. The number of aromatic amines is 1. The molecule has 0 bridgehead atoms. The number of nitrogens with one attached hydrogen (secondary N) is 2. The number of imidazole rings is 1. The van der Waals surface area contributed by atoms with Crippen molar-refractivity contribution in [3.8, 4) is 0 Å². The van der Waals surface area contributed by atoms with Gasteiger partial charge in [0.25, 0.3) is 11.8 Å². The molecule has 3 aromatic rings. The lowest BCUT2D eigenvalue weighted by molar-refractivity contribution is -0.122. The molecule has 0 unspecified atom stereocenters. The summed E-state index contributed by atoms with van der Waals surface area (Å²) in [5.74, 6) is 0.378. The molecule has 7 nitrogen and oxygen atoms in total. The SMILES string of the molecule is O=C(NCCc1cnc[nH]1)c1ccc(C=C2SC(=S)N(Cc3ccco3)C2=O)cc1. The van der Waals surface area contributed by atoms with Crippen molar-refractivity contribution in [1.82, 2.24) is 20.2 Å². The highest BCUT2D eigenvalue weighted by Gasteiger charge is 2.32. The number of benzene rings is 1. The number of hydrogen-bond acceptors (Lipinski definition) is 6. The number of furan rings is 1. The standard InChI is InChI=1S/C21H18N4O3S2/c26-19(23-8-7-16-11-22-13-24-16)15-5-3-14(4-6-15)10-18-20(27)25(21(29)30-18)12-17-2-1-9-28-17/h1-6,9-11,13H,7-8,12H2,(H,22,24)(H,23,26). The van der Waals surface area contributed by atoms with E-state index in [1.165, 1.54) is 16.7 Å². The van der Waals surface area contributed by atoms with Gasteiger partial charge in [-0.1, -0.05) is 36.1 Å². The van der Waals surface area contributed by atoms with Crippen LogP contribution in [0.4, 0.5) is 0 Å². The first-order chi connectivity index (χ1) is 14.6. The number of carbonyl (C=O) groups is 2. The summed E-state index contributed by atoms with van der Waals surface area (Å²) in [4.78, 5) is 34.0. The number of aromatic nitrogens is 2. The Balaban J connectivity index is 1.36. The van der Waals surface area contributed by atoms with E-state index in [-0.39, 0.29) is 11.8 Å². The monoisotopic (exact) mass is 438 g/mol. The molecule has 0 spiro atoms. The van der Waals surface area contributed by atoms with E-state index in [1.54, 1.807) is 49.1 Å². The molecule has 0 aliphatic carbocycles. The van der Waals surface area contributed by atoms with E-state index in [1.807, 2.05) is 12.1 Å². The molecular weight excluding hydrogens is 420 g/mol. The number of carbonyl (C=O) groups excluding carboxylic acids is 2. The normalized spacial score (nSPS) is 15.2. The van der Waals surface area contributed by atoms with Crippen LogP contribution in [0.3, 0.4) is 0 Å². The molecule has 1 aliphatic rings. The van der Waals surface area contributed by atoms with Crippen LogP contribution in [0.25, 0.3) is 6.08 Å². The zero-order valence-corrected chi connectivity index (χ0v) is 17.5. The third kappa shape index (κ3) is 4.69. The maximum Gasteiger partial charge on any atom is 0.266 e. The van der Waals surface area contributed by atoms with Crippen LogP contribution in [-0.2, 0) is 17.8 Å². The van der Waals surface area contributed by atoms with E-state index >= 15 is 0 Å². The third-order valence-electron chi connectivity index (χ3n) is 4.47. The van der Waals surface area contributed by atoms with Gasteiger partial charge in [0.05, 0.1) is 24.0 Å². The highest BCUT2D eigenvalue weighted by Crippen LogP contribution is 2.33. The van der Waals surface area contributed by atoms with Crippen molar-refractivity contribution < 1.29 is 14.0 Å². The number of rotatable bonds is 7. The van der Waals surface area contributed by atoms with Crippen LogP contribution in [0.1, 0.15) is 27.4 Å². The average Bonchev–Trinajstić information content (AvgIpc) is 3.49. The van der Waals surface area contributed by atoms with Crippen LogP contribution >= 0.6 is 24.0 Å². The topological polar surface area (TPSA) is 91.2 Å². The Labute approximate surface area is 182 Å². The van der Waals surface area contributed by atoms with Gasteiger partial charge in [-0.3, -0.25) is 14.5 Å². The zero-order chi connectivity index (χ0) is 20.9. The molecule has 30 heavy (non-hydrogen) atoms. The summed E-state index contributed by atoms with van der Waals surface area (Å²) in [5, 5.41) is 2.88. The molecule has 4 rings (SSSR count). The summed E-state index contributed by atoms with van der Waals surface area (Å²) in [6.45, 7) is 0.827. The predicted molar refractivity (Wildman–Crippen MR) is 118 cm³/mol. The van der Waals surface area contributed by atoms with Gasteiger partial charge in [-0.25, -0.2) is 4.98 Å². The summed E-state index contributed by atoms with van der Waals surface area (Å²) >= 11 is 6.59. The molecule has 1 aromatic carbocycles. The van der Waals surface area contributed by atoms with Crippen molar-refractivity contribution in [1.29, 1.82) is 0 Å². The van der Waals surface area contributed by atoms with Crippen LogP contribution in [0.5, 0.6) is 0 Å². The first-order valence-electron chi connectivity index (χ1n) is 9.23. The highest BCUT2D eigenvalue weighted by atomic mass is 32.2. The minimum atomic E-state index is -0.151. The molecule has 2 amide bonds. The lowest BCUT2D eigenvalue weighted by Crippen LogP contribution is -2.27. The minimum absolute atomic E-state index is 0.147. The maximum absolute atomic E-state index is 12.7. The molecule has 0 saturated carbocycles. The molecule has 2 N–H and O–H groups in total. The fourth-order valence-electron chi connectivity index (χ4n) is 2.91. The second-order valence-electron chi connectivity index (χ2n) is 6.55. The van der Waals surface area contributed by atoms with Crippen LogP contribution in [0.15, 0.2) is 64.5 Å². The van der Waals surface area contributed by atoms with E-state index in [2.05, 4.69) is 15.3 Å². The van der Waals surface area contributed by atoms with Gasteiger partial charge in [-0.15, -0.1) is 0 Å². The number of thioether (sulfide) groups is 1. The average molecular weight is 439 g/mol. The molecule has 1 fully saturated rings. The first kappa shape index (κ1) is 20.1. The van der Waals surface area contributed by atoms with E-state index < -0.39 is 0 Å². The van der Waals surface area contributed by atoms with Gasteiger partial charge in [0.15, 0.2) is 0 Å². The fourth-order valence-corrected chi connectivity index (χ4v) is 4.17. The summed E-state index contributed by atoms with van der Waals surface area (Å²) in [7, 11) is 0. The third-order valence-corrected chi connectivity index (χ3v) is 5.85.